The van der Waals surface area contributed by atoms with Crippen molar-refractivity contribution in [3.63, 3.8) is 0 Å². The van der Waals surface area contributed by atoms with E-state index in [9.17, 15) is 4.79 Å². The largest absolute Gasteiger partial charge is 0.379 e. The van der Waals surface area contributed by atoms with Crippen LogP contribution in [0.15, 0.2) is 36.7 Å². The van der Waals surface area contributed by atoms with Crippen LogP contribution in [0.1, 0.15) is 23.6 Å². The second-order valence-corrected chi connectivity index (χ2v) is 6.99. The normalized spacial score (nSPS) is 16.4. The molecule has 1 atom stereocenters. The molecule has 3 rings (SSSR count). The number of carbonyl (C=O) groups excluding carboxylic acids is 1. The van der Waals surface area contributed by atoms with Crippen LogP contribution >= 0.6 is 11.6 Å². The Kier molecular flexibility index (Phi) is 6.66. The van der Waals surface area contributed by atoms with Gasteiger partial charge < -0.3 is 10.1 Å². The maximum atomic E-state index is 12.3. The molecular formula is C19H25ClN4O2. The van der Waals surface area contributed by atoms with Crippen molar-refractivity contribution in [2.45, 2.75) is 25.9 Å². The molecule has 1 aliphatic rings. The van der Waals surface area contributed by atoms with Gasteiger partial charge in [0, 0.05) is 43.8 Å². The molecule has 1 amide bonds. The van der Waals surface area contributed by atoms with Gasteiger partial charge in [-0.2, -0.15) is 5.10 Å². The SMILES string of the molecule is Cc1cnn(CCC(=O)NCC(c2ccc(Cl)cc2)N2CCOCC2)c1. The smallest absolute Gasteiger partial charge is 0.221 e. The summed E-state index contributed by atoms with van der Waals surface area (Å²) in [6, 6.07) is 7.97. The van der Waals surface area contributed by atoms with Gasteiger partial charge >= 0.3 is 0 Å². The summed E-state index contributed by atoms with van der Waals surface area (Å²) in [6.45, 7) is 6.29. The third kappa shape index (κ3) is 5.30. The van der Waals surface area contributed by atoms with Gasteiger partial charge in [0.2, 0.25) is 5.91 Å². The first-order valence-corrected chi connectivity index (χ1v) is 9.32. The van der Waals surface area contributed by atoms with E-state index in [4.69, 9.17) is 16.3 Å². The monoisotopic (exact) mass is 376 g/mol. The first-order valence-electron chi connectivity index (χ1n) is 8.95. The quantitative estimate of drug-likeness (QED) is 0.806. The molecular weight excluding hydrogens is 352 g/mol. The Labute approximate surface area is 159 Å². The average Bonchev–Trinajstić information content (AvgIpc) is 3.08. The minimum absolute atomic E-state index is 0.0328. The number of ether oxygens (including phenoxy) is 1. The lowest BCUT2D eigenvalue weighted by molar-refractivity contribution is -0.121. The highest BCUT2D eigenvalue weighted by atomic mass is 35.5. The molecule has 6 nitrogen and oxygen atoms in total. The predicted octanol–water partition coefficient (Wildman–Crippen LogP) is 2.42. The van der Waals surface area contributed by atoms with Crippen LogP contribution in [0.4, 0.5) is 0 Å². The lowest BCUT2D eigenvalue weighted by atomic mass is 10.0. The molecule has 0 aliphatic carbocycles. The van der Waals surface area contributed by atoms with E-state index < -0.39 is 0 Å². The third-order valence-corrected chi connectivity index (χ3v) is 4.82. The number of hydrogen-bond donors (Lipinski definition) is 1. The number of nitrogens with one attached hydrogen (secondary N) is 1. The van der Waals surface area contributed by atoms with Crippen molar-refractivity contribution in [2.75, 3.05) is 32.8 Å². The number of amides is 1. The first kappa shape index (κ1) is 18.9. The molecule has 2 aromatic rings. The number of halogens is 1. The second kappa shape index (κ2) is 9.16. The fraction of sp³-hybridized carbons (Fsp3) is 0.474. The standard InChI is InChI=1S/C19H25ClN4O2/c1-15-12-22-24(14-15)7-6-19(25)21-13-18(23-8-10-26-11-9-23)16-2-4-17(20)5-3-16/h2-5,12,14,18H,6-11,13H2,1H3,(H,21,25). The van der Waals surface area contributed by atoms with Crippen LogP contribution < -0.4 is 5.32 Å². The first-order chi connectivity index (χ1) is 12.6. The van der Waals surface area contributed by atoms with Crippen molar-refractivity contribution in [3.05, 3.63) is 52.8 Å². The predicted molar refractivity (Wildman–Crippen MR) is 101 cm³/mol. The maximum Gasteiger partial charge on any atom is 0.221 e. The molecule has 26 heavy (non-hydrogen) atoms. The molecule has 1 unspecified atom stereocenters. The summed E-state index contributed by atoms with van der Waals surface area (Å²) in [5.74, 6) is 0.0328. The Balaban J connectivity index is 1.57. The van der Waals surface area contributed by atoms with Crippen molar-refractivity contribution < 1.29 is 9.53 Å². The van der Waals surface area contributed by atoms with Crippen LogP contribution in [0.5, 0.6) is 0 Å². The molecule has 0 bridgehead atoms. The molecule has 7 heteroatoms. The molecule has 1 aromatic heterocycles. The number of aromatic nitrogens is 2. The van der Waals surface area contributed by atoms with Crippen molar-refractivity contribution in [3.8, 4) is 0 Å². The Morgan fingerprint density at radius 3 is 2.69 bits per heavy atom. The number of morpholine rings is 1. The molecule has 0 saturated carbocycles. The van der Waals surface area contributed by atoms with E-state index in [1.807, 2.05) is 37.4 Å². The number of nitrogens with zero attached hydrogens (tertiary/aromatic N) is 3. The van der Waals surface area contributed by atoms with Gasteiger partial charge in [0.05, 0.1) is 25.5 Å². The fourth-order valence-electron chi connectivity index (χ4n) is 3.14. The van der Waals surface area contributed by atoms with Gasteiger partial charge in [-0.15, -0.1) is 0 Å². The van der Waals surface area contributed by atoms with E-state index in [1.54, 1.807) is 10.9 Å². The number of benzene rings is 1. The lowest BCUT2D eigenvalue weighted by Crippen LogP contribution is -2.43. The van der Waals surface area contributed by atoms with Gasteiger partial charge in [-0.3, -0.25) is 14.4 Å². The van der Waals surface area contributed by atoms with Gasteiger partial charge in [0.15, 0.2) is 0 Å². The second-order valence-electron chi connectivity index (χ2n) is 6.55. The van der Waals surface area contributed by atoms with Crippen molar-refractivity contribution in [2.24, 2.45) is 0 Å². The van der Waals surface area contributed by atoms with Crippen molar-refractivity contribution >= 4 is 17.5 Å². The van der Waals surface area contributed by atoms with Crippen LogP contribution in [-0.4, -0.2) is 53.4 Å². The molecule has 1 aliphatic heterocycles. The van der Waals surface area contributed by atoms with E-state index in [1.165, 1.54) is 0 Å². The molecule has 0 radical (unpaired) electrons. The highest BCUT2D eigenvalue weighted by molar-refractivity contribution is 6.30. The van der Waals surface area contributed by atoms with Crippen LogP contribution in [0, 0.1) is 6.92 Å². The lowest BCUT2D eigenvalue weighted by Gasteiger charge is -2.35. The summed E-state index contributed by atoms with van der Waals surface area (Å²) >= 11 is 6.02. The van der Waals surface area contributed by atoms with Gasteiger partial charge in [0.25, 0.3) is 0 Å². The molecule has 1 saturated heterocycles. The van der Waals surface area contributed by atoms with E-state index in [0.717, 1.165) is 37.4 Å². The Morgan fingerprint density at radius 2 is 2.04 bits per heavy atom. The topological polar surface area (TPSA) is 59.4 Å². The summed E-state index contributed by atoms with van der Waals surface area (Å²) < 4.78 is 7.26. The molecule has 1 aromatic carbocycles. The molecule has 2 heterocycles. The summed E-state index contributed by atoms with van der Waals surface area (Å²) in [4.78, 5) is 14.6. The third-order valence-electron chi connectivity index (χ3n) is 4.56. The minimum Gasteiger partial charge on any atom is -0.379 e. The number of aryl methyl sites for hydroxylation is 2. The Hall–Kier alpha value is -1.89. The van der Waals surface area contributed by atoms with Crippen LogP contribution in [-0.2, 0) is 16.1 Å². The zero-order valence-electron chi connectivity index (χ0n) is 15.0. The van der Waals surface area contributed by atoms with E-state index in [2.05, 4.69) is 15.3 Å². The Bertz CT molecular complexity index is 711. The molecule has 140 valence electrons. The average molecular weight is 377 g/mol. The van der Waals surface area contributed by atoms with Crippen LogP contribution in [0.3, 0.4) is 0 Å². The number of carbonyl (C=O) groups is 1. The number of rotatable bonds is 7. The van der Waals surface area contributed by atoms with E-state index >= 15 is 0 Å². The molecule has 0 spiro atoms. The van der Waals surface area contributed by atoms with Gasteiger partial charge in [-0.25, -0.2) is 0 Å². The summed E-state index contributed by atoms with van der Waals surface area (Å²) in [6.07, 6.45) is 4.15. The van der Waals surface area contributed by atoms with Gasteiger partial charge in [-0.05, 0) is 30.2 Å². The van der Waals surface area contributed by atoms with E-state index in [0.29, 0.717) is 24.5 Å². The van der Waals surface area contributed by atoms with Crippen LogP contribution in [0.2, 0.25) is 5.02 Å². The highest BCUT2D eigenvalue weighted by Crippen LogP contribution is 2.23. The zero-order valence-corrected chi connectivity index (χ0v) is 15.8. The summed E-state index contributed by atoms with van der Waals surface area (Å²) in [5, 5.41) is 8.00. The summed E-state index contributed by atoms with van der Waals surface area (Å²) in [7, 11) is 0. The van der Waals surface area contributed by atoms with E-state index in [-0.39, 0.29) is 11.9 Å². The van der Waals surface area contributed by atoms with Crippen LogP contribution in [0.25, 0.3) is 0 Å². The zero-order chi connectivity index (χ0) is 18.4. The fourth-order valence-corrected chi connectivity index (χ4v) is 3.26. The molecule has 1 fully saturated rings. The minimum atomic E-state index is 0.0328. The highest BCUT2D eigenvalue weighted by Gasteiger charge is 2.23. The molecule has 1 N–H and O–H groups in total. The van der Waals surface area contributed by atoms with Crippen molar-refractivity contribution in [1.29, 1.82) is 0 Å². The summed E-state index contributed by atoms with van der Waals surface area (Å²) in [5.41, 5.74) is 2.25. The number of hydrogen-bond acceptors (Lipinski definition) is 4. The van der Waals surface area contributed by atoms with Gasteiger partial charge in [0.1, 0.15) is 0 Å². The Morgan fingerprint density at radius 1 is 1.31 bits per heavy atom. The maximum absolute atomic E-state index is 12.3. The van der Waals surface area contributed by atoms with Gasteiger partial charge in [-0.1, -0.05) is 23.7 Å². The van der Waals surface area contributed by atoms with Crippen molar-refractivity contribution in [1.82, 2.24) is 20.0 Å².